The van der Waals surface area contributed by atoms with Crippen molar-refractivity contribution in [3.63, 3.8) is 0 Å². The van der Waals surface area contributed by atoms with E-state index in [4.69, 9.17) is 23.2 Å². The van der Waals surface area contributed by atoms with Crippen molar-refractivity contribution in [2.75, 3.05) is 5.32 Å². The lowest BCUT2D eigenvalue weighted by Crippen LogP contribution is -2.43. The molecule has 0 aliphatic rings. The van der Waals surface area contributed by atoms with Crippen LogP contribution in [0.3, 0.4) is 0 Å². The van der Waals surface area contributed by atoms with E-state index < -0.39 is 11.5 Å². The van der Waals surface area contributed by atoms with Crippen LogP contribution in [0.15, 0.2) is 48.5 Å². The maximum absolute atomic E-state index is 11.9. The zero-order valence-corrected chi connectivity index (χ0v) is 12.9. The van der Waals surface area contributed by atoms with Crippen molar-refractivity contribution in [2.24, 2.45) is 0 Å². The summed E-state index contributed by atoms with van der Waals surface area (Å²) in [6.45, 7) is 1.81. The third-order valence-electron chi connectivity index (χ3n) is 3.40. The fourth-order valence-electron chi connectivity index (χ4n) is 2.26. The first-order valence-electron chi connectivity index (χ1n) is 6.51. The smallest absolute Gasteiger partial charge is 0.334 e. The highest BCUT2D eigenvalue weighted by Gasteiger charge is 2.38. The van der Waals surface area contributed by atoms with Crippen molar-refractivity contribution >= 4 is 34.9 Å². The molecule has 0 bridgehead atoms. The van der Waals surface area contributed by atoms with Gasteiger partial charge in [0.25, 0.3) is 0 Å². The van der Waals surface area contributed by atoms with E-state index in [1.807, 2.05) is 6.92 Å². The standard InChI is InChI=1S/C16H15Cl2NO2/c1-2-16(15(20)21,11-5-3-6-12(17)9-11)19-14-8-4-7-13(18)10-14/h3-10,19H,2H2,1H3,(H,20,21). The number of halogens is 2. The van der Waals surface area contributed by atoms with Crippen molar-refractivity contribution in [3.8, 4) is 0 Å². The Morgan fingerprint density at radius 1 is 1.14 bits per heavy atom. The lowest BCUT2D eigenvalue weighted by molar-refractivity contribution is -0.142. The van der Waals surface area contributed by atoms with Crippen LogP contribution in [-0.2, 0) is 10.3 Å². The molecule has 1 atom stereocenters. The minimum absolute atomic E-state index is 0.356. The molecular formula is C16H15Cl2NO2. The molecule has 0 amide bonds. The van der Waals surface area contributed by atoms with Crippen molar-refractivity contribution in [1.29, 1.82) is 0 Å². The van der Waals surface area contributed by atoms with Crippen LogP contribution in [0.2, 0.25) is 10.0 Å². The van der Waals surface area contributed by atoms with Crippen molar-refractivity contribution < 1.29 is 9.90 Å². The zero-order valence-electron chi connectivity index (χ0n) is 11.4. The van der Waals surface area contributed by atoms with E-state index in [2.05, 4.69) is 5.32 Å². The largest absolute Gasteiger partial charge is 0.479 e. The van der Waals surface area contributed by atoms with Gasteiger partial charge in [-0.1, -0.05) is 48.3 Å². The Bertz CT molecular complexity index is 660. The van der Waals surface area contributed by atoms with Gasteiger partial charge in [-0.25, -0.2) is 4.79 Å². The Morgan fingerprint density at radius 3 is 2.29 bits per heavy atom. The molecule has 2 rings (SSSR count). The van der Waals surface area contributed by atoms with Crippen molar-refractivity contribution in [1.82, 2.24) is 0 Å². The van der Waals surface area contributed by atoms with Crippen LogP contribution in [0.1, 0.15) is 18.9 Å². The molecule has 0 saturated carbocycles. The highest BCUT2D eigenvalue weighted by atomic mass is 35.5. The number of nitrogens with one attached hydrogen (secondary N) is 1. The minimum Gasteiger partial charge on any atom is -0.479 e. The van der Waals surface area contributed by atoms with E-state index in [1.54, 1.807) is 48.5 Å². The summed E-state index contributed by atoms with van der Waals surface area (Å²) in [5, 5.41) is 13.9. The lowest BCUT2D eigenvalue weighted by atomic mass is 9.87. The van der Waals surface area contributed by atoms with Gasteiger partial charge in [-0.15, -0.1) is 0 Å². The summed E-state index contributed by atoms with van der Waals surface area (Å²) in [6, 6.07) is 13.9. The molecule has 2 aromatic rings. The van der Waals surface area contributed by atoms with Gasteiger partial charge in [0.2, 0.25) is 0 Å². The summed E-state index contributed by atoms with van der Waals surface area (Å²) in [7, 11) is 0. The molecule has 0 radical (unpaired) electrons. The molecule has 0 aliphatic carbocycles. The quantitative estimate of drug-likeness (QED) is 0.831. The highest BCUT2D eigenvalue weighted by Crippen LogP contribution is 2.32. The van der Waals surface area contributed by atoms with Gasteiger partial charge in [0.15, 0.2) is 5.54 Å². The third kappa shape index (κ3) is 3.31. The van der Waals surface area contributed by atoms with Crippen LogP contribution >= 0.6 is 23.2 Å². The van der Waals surface area contributed by atoms with Crippen molar-refractivity contribution in [2.45, 2.75) is 18.9 Å². The second-order valence-corrected chi connectivity index (χ2v) is 5.58. The number of aliphatic carboxylic acids is 1. The van der Waals surface area contributed by atoms with Crippen LogP contribution in [-0.4, -0.2) is 11.1 Å². The van der Waals surface area contributed by atoms with E-state index in [-0.39, 0.29) is 0 Å². The zero-order chi connectivity index (χ0) is 15.5. The fraction of sp³-hybridized carbons (Fsp3) is 0.188. The number of hydrogen-bond acceptors (Lipinski definition) is 2. The SMILES string of the molecule is CCC(Nc1cccc(Cl)c1)(C(=O)O)c1cccc(Cl)c1. The van der Waals surface area contributed by atoms with E-state index >= 15 is 0 Å². The molecule has 2 N–H and O–H groups in total. The second kappa shape index (κ2) is 6.37. The van der Waals surface area contributed by atoms with Gasteiger partial charge in [-0.2, -0.15) is 0 Å². The summed E-state index contributed by atoms with van der Waals surface area (Å²) in [5.41, 5.74) is -0.00744. The summed E-state index contributed by atoms with van der Waals surface area (Å²) >= 11 is 12.0. The summed E-state index contributed by atoms with van der Waals surface area (Å²) < 4.78 is 0. The number of carboxylic acid groups (broad SMARTS) is 1. The van der Waals surface area contributed by atoms with E-state index in [0.717, 1.165) is 0 Å². The molecule has 110 valence electrons. The number of rotatable bonds is 5. The first kappa shape index (κ1) is 15.7. The molecule has 21 heavy (non-hydrogen) atoms. The molecule has 0 heterocycles. The van der Waals surface area contributed by atoms with Crippen LogP contribution in [0.25, 0.3) is 0 Å². The van der Waals surface area contributed by atoms with Crippen LogP contribution < -0.4 is 5.32 Å². The van der Waals surface area contributed by atoms with Crippen LogP contribution in [0.5, 0.6) is 0 Å². The van der Waals surface area contributed by atoms with Gasteiger partial charge >= 0.3 is 5.97 Å². The first-order chi connectivity index (χ1) is 9.98. The molecular weight excluding hydrogens is 309 g/mol. The normalized spacial score (nSPS) is 13.5. The van der Waals surface area contributed by atoms with E-state index in [0.29, 0.717) is 27.7 Å². The number of anilines is 1. The number of carboxylic acids is 1. The molecule has 1 unspecified atom stereocenters. The molecule has 0 aromatic heterocycles. The average Bonchev–Trinajstić information content (AvgIpc) is 2.44. The number of benzene rings is 2. The van der Waals surface area contributed by atoms with Gasteiger partial charge in [-0.3, -0.25) is 0 Å². The Hall–Kier alpha value is -1.71. The maximum Gasteiger partial charge on any atom is 0.334 e. The van der Waals surface area contributed by atoms with Gasteiger partial charge in [0, 0.05) is 15.7 Å². The van der Waals surface area contributed by atoms with Gasteiger partial charge in [-0.05, 0) is 42.3 Å². The average molecular weight is 324 g/mol. The summed E-state index contributed by atoms with van der Waals surface area (Å²) in [5.74, 6) is -0.966. The van der Waals surface area contributed by atoms with Crippen LogP contribution in [0, 0.1) is 0 Å². The summed E-state index contributed by atoms with van der Waals surface area (Å²) in [4.78, 5) is 11.9. The Kier molecular flexibility index (Phi) is 4.76. The molecule has 0 aliphatic heterocycles. The Morgan fingerprint density at radius 2 is 1.76 bits per heavy atom. The van der Waals surface area contributed by atoms with Gasteiger partial charge in [0.1, 0.15) is 0 Å². The van der Waals surface area contributed by atoms with Crippen molar-refractivity contribution in [3.05, 3.63) is 64.1 Å². The Balaban J connectivity index is 2.49. The maximum atomic E-state index is 11.9. The third-order valence-corrected chi connectivity index (χ3v) is 3.87. The van der Waals surface area contributed by atoms with E-state index in [9.17, 15) is 9.90 Å². The molecule has 0 saturated heterocycles. The highest BCUT2D eigenvalue weighted by molar-refractivity contribution is 6.31. The molecule has 5 heteroatoms. The predicted molar refractivity (Wildman–Crippen MR) is 86.1 cm³/mol. The Labute approximate surface area is 133 Å². The van der Waals surface area contributed by atoms with Gasteiger partial charge < -0.3 is 10.4 Å². The number of carbonyl (C=O) groups is 1. The van der Waals surface area contributed by atoms with Crippen LogP contribution in [0.4, 0.5) is 5.69 Å². The topological polar surface area (TPSA) is 49.3 Å². The monoisotopic (exact) mass is 323 g/mol. The lowest BCUT2D eigenvalue weighted by Gasteiger charge is -2.31. The molecule has 0 spiro atoms. The molecule has 0 fully saturated rings. The first-order valence-corrected chi connectivity index (χ1v) is 7.27. The fourth-order valence-corrected chi connectivity index (χ4v) is 2.64. The second-order valence-electron chi connectivity index (χ2n) is 4.71. The van der Waals surface area contributed by atoms with E-state index in [1.165, 1.54) is 0 Å². The molecule has 3 nitrogen and oxygen atoms in total. The minimum atomic E-state index is -1.25. The van der Waals surface area contributed by atoms with Gasteiger partial charge in [0.05, 0.1) is 0 Å². The number of hydrogen-bond donors (Lipinski definition) is 2. The summed E-state index contributed by atoms with van der Waals surface area (Å²) in [6.07, 6.45) is 0.356. The molecule has 2 aromatic carbocycles. The predicted octanol–water partition coefficient (Wildman–Crippen LogP) is 4.80.